The van der Waals surface area contributed by atoms with Crippen LogP contribution in [0, 0.1) is 24.0 Å². The lowest BCUT2D eigenvalue weighted by Crippen LogP contribution is -2.20. The van der Waals surface area contributed by atoms with Gasteiger partial charge in [0.25, 0.3) is 5.69 Å². The molecule has 30 heavy (non-hydrogen) atoms. The number of anilines is 2. The Kier molecular flexibility index (Phi) is 6.43. The van der Waals surface area contributed by atoms with Crippen LogP contribution in [0.5, 0.6) is 0 Å². The second-order valence-electron chi connectivity index (χ2n) is 6.38. The molecule has 0 aliphatic rings. The van der Waals surface area contributed by atoms with Crippen molar-refractivity contribution < 1.29 is 14.5 Å². The minimum Gasteiger partial charge on any atom is -0.465 e. The van der Waals surface area contributed by atoms with E-state index in [9.17, 15) is 14.9 Å². The van der Waals surface area contributed by atoms with Crippen LogP contribution >= 0.6 is 23.6 Å². The highest BCUT2D eigenvalue weighted by atomic mass is 32.1. The van der Waals surface area contributed by atoms with Gasteiger partial charge in [0.05, 0.1) is 23.3 Å². The summed E-state index contributed by atoms with van der Waals surface area (Å²) < 4.78 is 5.00. The van der Waals surface area contributed by atoms with Crippen molar-refractivity contribution in [1.82, 2.24) is 0 Å². The zero-order valence-corrected chi connectivity index (χ0v) is 18.1. The second-order valence-corrected chi connectivity index (χ2v) is 8.01. The van der Waals surface area contributed by atoms with Crippen LogP contribution in [-0.2, 0) is 4.74 Å². The summed E-state index contributed by atoms with van der Waals surface area (Å²) in [4.78, 5) is 24.2. The van der Waals surface area contributed by atoms with Gasteiger partial charge in [-0.15, -0.1) is 11.3 Å². The van der Waals surface area contributed by atoms with E-state index in [1.807, 2.05) is 37.3 Å². The number of hydrogen-bond acceptors (Lipinski definition) is 6. The highest BCUT2D eigenvalue weighted by molar-refractivity contribution is 7.80. The fourth-order valence-electron chi connectivity index (χ4n) is 3.10. The minimum atomic E-state index is -0.477. The number of carbonyl (C=O) groups is 1. The number of thiophene rings is 1. The number of methoxy groups -OCH3 is 1. The average molecular weight is 442 g/mol. The maximum atomic E-state index is 12.6. The molecule has 0 saturated heterocycles. The quantitative estimate of drug-likeness (QED) is 0.232. The number of rotatable bonds is 5. The summed E-state index contributed by atoms with van der Waals surface area (Å²) >= 11 is 6.78. The molecule has 0 amide bonds. The number of thiocarbonyl (C=S) groups is 1. The molecule has 3 aromatic rings. The molecule has 1 aromatic heterocycles. The van der Waals surface area contributed by atoms with Crippen molar-refractivity contribution in [2.24, 2.45) is 0 Å². The van der Waals surface area contributed by atoms with Crippen LogP contribution in [0.1, 0.15) is 20.8 Å². The molecule has 3 rings (SSSR count). The Morgan fingerprint density at radius 3 is 2.43 bits per heavy atom. The lowest BCUT2D eigenvalue weighted by molar-refractivity contribution is -0.385. The topological polar surface area (TPSA) is 93.5 Å². The molecule has 0 radical (unpaired) electrons. The highest BCUT2D eigenvalue weighted by Crippen LogP contribution is 2.40. The van der Waals surface area contributed by atoms with Crippen LogP contribution in [0.2, 0.25) is 0 Å². The number of nitro groups is 1. The number of hydrogen-bond donors (Lipinski definition) is 2. The van der Waals surface area contributed by atoms with Crippen LogP contribution in [0.3, 0.4) is 0 Å². The summed E-state index contributed by atoms with van der Waals surface area (Å²) in [5, 5.41) is 17.9. The third-order valence-electron chi connectivity index (χ3n) is 4.51. The molecule has 0 aliphatic heterocycles. The Balaban J connectivity index is 1.94. The van der Waals surface area contributed by atoms with Gasteiger partial charge in [0, 0.05) is 16.5 Å². The Labute approximate surface area is 182 Å². The molecule has 0 atom stereocenters. The third-order valence-corrected chi connectivity index (χ3v) is 5.74. The van der Waals surface area contributed by atoms with E-state index in [1.54, 1.807) is 19.1 Å². The lowest BCUT2D eigenvalue weighted by atomic mass is 10.0. The van der Waals surface area contributed by atoms with E-state index in [0.29, 0.717) is 21.8 Å². The monoisotopic (exact) mass is 441 g/mol. The Bertz CT molecular complexity index is 1130. The summed E-state index contributed by atoms with van der Waals surface area (Å²) in [5.74, 6) is -0.477. The van der Waals surface area contributed by atoms with E-state index in [-0.39, 0.29) is 10.8 Å². The predicted octanol–water partition coefficient (Wildman–Crippen LogP) is 5.54. The summed E-state index contributed by atoms with van der Waals surface area (Å²) in [6, 6.07) is 14.3. The van der Waals surface area contributed by atoms with Crippen LogP contribution in [0.25, 0.3) is 11.1 Å². The summed E-state index contributed by atoms with van der Waals surface area (Å²) in [5.41, 5.74) is 3.05. The Morgan fingerprint density at radius 2 is 1.80 bits per heavy atom. The van der Waals surface area contributed by atoms with Gasteiger partial charge in [0.15, 0.2) is 5.11 Å². The van der Waals surface area contributed by atoms with E-state index in [0.717, 1.165) is 16.0 Å². The van der Waals surface area contributed by atoms with Crippen molar-refractivity contribution in [2.75, 3.05) is 17.7 Å². The molecule has 0 aliphatic carbocycles. The summed E-state index contributed by atoms with van der Waals surface area (Å²) in [6.45, 7) is 3.57. The van der Waals surface area contributed by atoms with Gasteiger partial charge < -0.3 is 15.4 Å². The van der Waals surface area contributed by atoms with Crippen LogP contribution in [-0.4, -0.2) is 23.1 Å². The van der Waals surface area contributed by atoms with Gasteiger partial charge in [-0.2, -0.15) is 0 Å². The summed E-state index contributed by atoms with van der Waals surface area (Å²) in [6.07, 6.45) is 0. The van der Waals surface area contributed by atoms with Gasteiger partial charge in [0.2, 0.25) is 0 Å². The first-order chi connectivity index (χ1) is 14.3. The zero-order chi connectivity index (χ0) is 21.8. The molecule has 154 valence electrons. The standard InChI is InChI=1S/C21H19N3O4S2/c1-12-15(10-7-11-16(12)24(26)27)22-21(29)23-19-18(20(25)28-3)17(13(2)30-19)14-8-5-4-6-9-14/h4-11H,1-3H3,(H2,22,23,29). The second kappa shape index (κ2) is 9.02. The maximum Gasteiger partial charge on any atom is 0.341 e. The Morgan fingerprint density at radius 1 is 1.10 bits per heavy atom. The number of nitrogens with one attached hydrogen (secondary N) is 2. The number of esters is 1. The van der Waals surface area contributed by atoms with Gasteiger partial charge in [0.1, 0.15) is 10.6 Å². The number of nitro benzene ring substituents is 1. The number of aryl methyl sites for hydroxylation is 1. The van der Waals surface area contributed by atoms with Crippen molar-refractivity contribution >= 4 is 51.0 Å². The van der Waals surface area contributed by atoms with Crippen molar-refractivity contribution in [3.63, 3.8) is 0 Å². The van der Waals surface area contributed by atoms with Crippen molar-refractivity contribution in [3.8, 4) is 11.1 Å². The van der Waals surface area contributed by atoms with Crippen LogP contribution in [0.15, 0.2) is 48.5 Å². The summed E-state index contributed by atoms with van der Waals surface area (Å²) in [7, 11) is 1.33. The Hall–Kier alpha value is -3.30. The number of ether oxygens (including phenoxy) is 1. The van der Waals surface area contributed by atoms with Crippen molar-refractivity contribution in [2.45, 2.75) is 13.8 Å². The van der Waals surface area contributed by atoms with E-state index >= 15 is 0 Å². The molecule has 0 saturated carbocycles. The molecule has 0 unspecified atom stereocenters. The number of nitrogens with zero attached hydrogens (tertiary/aromatic N) is 1. The first-order valence-electron chi connectivity index (χ1n) is 8.92. The van der Waals surface area contributed by atoms with Gasteiger partial charge in [-0.1, -0.05) is 36.4 Å². The lowest BCUT2D eigenvalue weighted by Gasteiger charge is -2.13. The van der Waals surface area contributed by atoms with Crippen molar-refractivity contribution in [3.05, 3.63) is 74.6 Å². The fraction of sp³-hybridized carbons (Fsp3) is 0.143. The van der Waals surface area contributed by atoms with Crippen LogP contribution in [0.4, 0.5) is 16.4 Å². The predicted molar refractivity (Wildman–Crippen MR) is 124 cm³/mol. The van der Waals surface area contributed by atoms with Gasteiger partial charge in [-0.25, -0.2) is 4.79 Å². The van der Waals surface area contributed by atoms with Gasteiger partial charge >= 0.3 is 5.97 Å². The number of carbonyl (C=O) groups excluding carboxylic acids is 1. The van der Waals surface area contributed by atoms with E-state index in [1.165, 1.54) is 24.5 Å². The molecule has 0 bridgehead atoms. The molecule has 0 fully saturated rings. The SMILES string of the molecule is COC(=O)c1c(NC(=S)Nc2cccc([N+](=O)[O-])c2C)sc(C)c1-c1ccccc1. The zero-order valence-electron chi connectivity index (χ0n) is 16.5. The molecule has 2 aromatic carbocycles. The normalized spacial score (nSPS) is 10.4. The molecular formula is C21H19N3O4S2. The van der Waals surface area contributed by atoms with E-state index in [2.05, 4.69) is 10.6 Å². The molecule has 2 N–H and O–H groups in total. The van der Waals surface area contributed by atoms with E-state index in [4.69, 9.17) is 17.0 Å². The van der Waals surface area contributed by atoms with Crippen LogP contribution < -0.4 is 10.6 Å². The first kappa shape index (κ1) is 21.4. The molecular weight excluding hydrogens is 422 g/mol. The van der Waals surface area contributed by atoms with E-state index < -0.39 is 10.9 Å². The molecule has 9 heteroatoms. The van der Waals surface area contributed by atoms with Gasteiger partial charge in [-0.05, 0) is 37.7 Å². The highest BCUT2D eigenvalue weighted by Gasteiger charge is 2.24. The first-order valence-corrected chi connectivity index (χ1v) is 10.1. The maximum absolute atomic E-state index is 12.6. The molecule has 1 heterocycles. The smallest absolute Gasteiger partial charge is 0.341 e. The van der Waals surface area contributed by atoms with Crippen molar-refractivity contribution in [1.29, 1.82) is 0 Å². The average Bonchev–Trinajstić information content (AvgIpc) is 3.04. The molecule has 0 spiro atoms. The third kappa shape index (κ3) is 4.32. The molecule has 7 nitrogen and oxygen atoms in total. The fourth-order valence-corrected chi connectivity index (χ4v) is 4.44. The number of benzene rings is 2. The van der Waals surface area contributed by atoms with Gasteiger partial charge in [-0.3, -0.25) is 10.1 Å². The minimum absolute atomic E-state index is 0.00335. The largest absolute Gasteiger partial charge is 0.465 e.